The van der Waals surface area contributed by atoms with Gasteiger partial charge < -0.3 is 5.32 Å². The van der Waals surface area contributed by atoms with Crippen molar-refractivity contribution in [3.05, 3.63) is 65.7 Å². The molecule has 1 amide bonds. The molecule has 0 aliphatic rings. The van der Waals surface area contributed by atoms with Gasteiger partial charge in [0.05, 0.1) is 29.2 Å². The summed E-state index contributed by atoms with van der Waals surface area (Å²) in [6.07, 6.45) is 0.0957. The number of amides is 1. The molecular formula is C18H18N2O3S. The minimum Gasteiger partial charge on any atom is -0.344 e. The maximum atomic E-state index is 12.3. The number of carbonyl (C=O) groups excluding carboxylic acids is 1. The van der Waals surface area contributed by atoms with Crippen molar-refractivity contribution in [2.45, 2.75) is 24.3 Å². The van der Waals surface area contributed by atoms with Crippen molar-refractivity contribution in [1.82, 2.24) is 5.32 Å². The summed E-state index contributed by atoms with van der Waals surface area (Å²) in [4.78, 5) is 12.5. The molecule has 24 heavy (non-hydrogen) atoms. The van der Waals surface area contributed by atoms with Crippen LogP contribution < -0.4 is 5.32 Å². The highest BCUT2D eigenvalue weighted by molar-refractivity contribution is 7.91. The Morgan fingerprint density at radius 1 is 1.12 bits per heavy atom. The fourth-order valence-electron chi connectivity index (χ4n) is 2.25. The molecule has 0 fully saturated rings. The highest BCUT2D eigenvalue weighted by Gasteiger charge is 2.17. The normalized spacial score (nSPS) is 12.2. The van der Waals surface area contributed by atoms with Gasteiger partial charge in [0.25, 0.3) is 5.91 Å². The first-order chi connectivity index (χ1) is 11.5. The highest BCUT2D eigenvalue weighted by Crippen LogP contribution is 2.20. The zero-order chi connectivity index (χ0) is 17.6. The van der Waals surface area contributed by atoms with Crippen molar-refractivity contribution in [2.75, 3.05) is 5.75 Å². The molecule has 5 nitrogen and oxygen atoms in total. The molecule has 2 aromatic rings. The Kier molecular flexibility index (Phi) is 5.72. The second-order valence-electron chi connectivity index (χ2n) is 5.23. The molecule has 6 heteroatoms. The number of rotatable bonds is 6. The van der Waals surface area contributed by atoms with Gasteiger partial charge in [-0.05, 0) is 29.8 Å². The number of carbonyl (C=O) groups is 1. The van der Waals surface area contributed by atoms with Crippen molar-refractivity contribution in [2.24, 2.45) is 0 Å². The average Bonchev–Trinajstić information content (AvgIpc) is 2.62. The lowest BCUT2D eigenvalue weighted by Gasteiger charge is -2.17. The van der Waals surface area contributed by atoms with Crippen LogP contribution in [0.15, 0.2) is 59.5 Å². The number of benzene rings is 2. The first-order valence-electron chi connectivity index (χ1n) is 7.53. The highest BCUT2D eigenvalue weighted by atomic mass is 32.2. The third kappa shape index (κ3) is 4.21. The molecule has 0 aromatic heterocycles. The van der Waals surface area contributed by atoms with E-state index in [-0.39, 0.29) is 23.0 Å². The molecule has 0 saturated carbocycles. The molecular weight excluding hydrogens is 324 g/mol. The summed E-state index contributed by atoms with van der Waals surface area (Å²) >= 11 is 0. The monoisotopic (exact) mass is 342 g/mol. The Morgan fingerprint density at radius 3 is 2.29 bits per heavy atom. The predicted molar refractivity (Wildman–Crippen MR) is 91.0 cm³/mol. The van der Waals surface area contributed by atoms with Gasteiger partial charge >= 0.3 is 0 Å². The molecule has 0 aliphatic carbocycles. The topological polar surface area (TPSA) is 87.0 Å². The Balaban J connectivity index is 2.22. The van der Waals surface area contributed by atoms with Crippen molar-refractivity contribution >= 4 is 15.7 Å². The van der Waals surface area contributed by atoms with Gasteiger partial charge in [-0.15, -0.1) is 0 Å². The standard InChI is InChI=1S/C18H18N2O3S/c1-2-24(22,23)16-10-8-14(9-11-16)17(12-13-19)20-18(21)15-6-4-3-5-7-15/h3-11,17H,2,12H2,1H3,(H,20,21). The smallest absolute Gasteiger partial charge is 0.251 e. The van der Waals surface area contributed by atoms with Gasteiger partial charge in [0.2, 0.25) is 0 Å². The quantitative estimate of drug-likeness (QED) is 0.874. The van der Waals surface area contributed by atoms with Crippen molar-refractivity contribution in [1.29, 1.82) is 5.26 Å². The van der Waals surface area contributed by atoms with Crippen LogP contribution in [0, 0.1) is 11.3 Å². The molecule has 0 radical (unpaired) electrons. The number of nitrogens with one attached hydrogen (secondary N) is 1. The van der Waals surface area contributed by atoms with Crippen LogP contribution in [0.5, 0.6) is 0 Å². The third-order valence-corrected chi connectivity index (χ3v) is 5.41. The molecule has 1 unspecified atom stereocenters. The lowest BCUT2D eigenvalue weighted by atomic mass is 10.0. The summed E-state index contributed by atoms with van der Waals surface area (Å²) < 4.78 is 23.7. The molecule has 0 heterocycles. The minimum absolute atomic E-state index is 0.0265. The summed E-state index contributed by atoms with van der Waals surface area (Å²) in [7, 11) is -3.27. The number of hydrogen-bond donors (Lipinski definition) is 1. The number of sulfone groups is 1. The number of nitriles is 1. The molecule has 0 spiro atoms. The van der Waals surface area contributed by atoms with E-state index in [1.807, 2.05) is 12.1 Å². The molecule has 2 rings (SSSR count). The zero-order valence-electron chi connectivity index (χ0n) is 13.3. The SMILES string of the molecule is CCS(=O)(=O)c1ccc(C(CC#N)NC(=O)c2ccccc2)cc1. The molecule has 0 saturated heterocycles. The van der Waals surface area contributed by atoms with E-state index in [9.17, 15) is 13.2 Å². The maximum absolute atomic E-state index is 12.3. The fraction of sp³-hybridized carbons (Fsp3) is 0.222. The minimum atomic E-state index is -3.27. The number of hydrogen-bond acceptors (Lipinski definition) is 4. The van der Waals surface area contributed by atoms with Gasteiger partial charge in [-0.3, -0.25) is 4.79 Å². The van der Waals surface area contributed by atoms with Crippen LogP contribution in [0.4, 0.5) is 0 Å². The van der Waals surface area contributed by atoms with E-state index >= 15 is 0 Å². The summed E-state index contributed by atoms with van der Waals surface area (Å²) in [6, 6.07) is 16.6. The van der Waals surface area contributed by atoms with Gasteiger partial charge in [0, 0.05) is 5.56 Å². The molecule has 0 aliphatic heterocycles. The van der Waals surface area contributed by atoms with E-state index in [4.69, 9.17) is 5.26 Å². The van der Waals surface area contributed by atoms with Crippen LogP contribution >= 0.6 is 0 Å². The Morgan fingerprint density at radius 2 is 1.75 bits per heavy atom. The van der Waals surface area contributed by atoms with E-state index in [0.717, 1.165) is 0 Å². The van der Waals surface area contributed by atoms with Crippen LogP contribution in [0.1, 0.15) is 35.3 Å². The molecule has 124 valence electrons. The predicted octanol–water partition coefficient (Wildman–Crippen LogP) is 2.86. The van der Waals surface area contributed by atoms with Crippen molar-refractivity contribution in [3.8, 4) is 6.07 Å². The van der Waals surface area contributed by atoms with Crippen LogP contribution in [0.2, 0.25) is 0 Å². The van der Waals surface area contributed by atoms with E-state index in [2.05, 4.69) is 5.32 Å². The van der Waals surface area contributed by atoms with Crippen LogP contribution in [-0.2, 0) is 9.84 Å². The van der Waals surface area contributed by atoms with E-state index in [1.54, 1.807) is 43.3 Å². The lowest BCUT2D eigenvalue weighted by Crippen LogP contribution is -2.28. The van der Waals surface area contributed by atoms with Gasteiger partial charge in [-0.2, -0.15) is 5.26 Å². The number of nitrogens with zero attached hydrogens (tertiary/aromatic N) is 1. The zero-order valence-corrected chi connectivity index (χ0v) is 14.1. The van der Waals surface area contributed by atoms with Crippen molar-refractivity contribution in [3.63, 3.8) is 0 Å². The van der Waals surface area contributed by atoms with Crippen molar-refractivity contribution < 1.29 is 13.2 Å². The molecule has 1 N–H and O–H groups in total. The van der Waals surface area contributed by atoms with E-state index in [0.29, 0.717) is 11.1 Å². The third-order valence-electron chi connectivity index (χ3n) is 3.66. The first kappa shape index (κ1) is 17.7. The fourth-order valence-corrected chi connectivity index (χ4v) is 3.13. The molecule has 2 aromatic carbocycles. The second-order valence-corrected chi connectivity index (χ2v) is 7.51. The largest absolute Gasteiger partial charge is 0.344 e. The first-order valence-corrected chi connectivity index (χ1v) is 9.18. The molecule has 1 atom stereocenters. The van der Waals surface area contributed by atoms with Gasteiger partial charge in [-0.25, -0.2) is 8.42 Å². The van der Waals surface area contributed by atoms with Crippen LogP contribution in [-0.4, -0.2) is 20.1 Å². The average molecular weight is 342 g/mol. The Hall–Kier alpha value is -2.65. The maximum Gasteiger partial charge on any atom is 0.251 e. The van der Waals surface area contributed by atoms with Crippen LogP contribution in [0.3, 0.4) is 0 Å². The second kappa shape index (κ2) is 7.75. The summed E-state index contributed by atoms with van der Waals surface area (Å²) in [6.45, 7) is 1.59. The Labute approximate surface area is 141 Å². The van der Waals surface area contributed by atoms with Gasteiger partial charge in [-0.1, -0.05) is 37.3 Å². The van der Waals surface area contributed by atoms with Gasteiger partial charge in [0.15, 0.2) is 9.84 Å². The summed E-state index contributed by atoms with van der Waals surface area (Å²) in [5, 5.41) is 11.8. The van der Waals surface area contributed by atoms with Crippen LogP contribution in [0.25, 0.3) is 0 Å². The van der Waals surface area contributed by atoms with E-state index < -0.39 is 15.9 Å². The van der Waals surface area contributed by atoms with Gasteiger partial charge in [0.1, 0.15) is 0 Å². The van der Waals surface area contributed by atoms with E-state index in [1.165, 1.54) is 12.1 Å². The summed E-state index contributed by atoms with van der Waals surface area (Å²) in [5.74, 6) is -0.250. The Bertz CT molecular complexity index is 838. The lowest BCUT2D eigenvalue weighted by molar-refractivity contribution is 0.0937. The summed E-state index contributed by atoms with van der Waals surface area (Å²) in [5.41, 5.74) is 1.20. The molecule has 0 bridgehead atoms.